The standard InChI is InChI=1S/C16H16N2O2/c1-19-14-7-8-18-13(10-14)11-17-16(18)9-12-5-3-4-6-15(12)20-2/h3-8,10-11H,9H2,1-2H3. The van der Waals surface area contributed by atoms with Gasteiger partial charge in [-0.3, -0.25) is 0 Å². The Labute approximate surface area is 117 Å². The van der Waals surface area contributed by atoms with Crippen LogP contribution in [0.15, 0.2) is 48.8 Å². The second-order valence-electron chi connectivity index (χ2n) is 4.52. The van der Waals surface area contributed by atoms with E-state index in [1.165, 1.54) is 0 Å². The number of para-hydroxylation sites is 1. The molecule has 2 aromatic heterocycles. The summed E-state index contributed by atoms with van der Waals surface area (Å²) < 4.78 is 12.7. The van der Waals surface area contributed by atoms with E-state index < -0.39 is 0 Å². The van der Waals surface area contributed by atoms with Crippen LogP contribution in [0.1, 0.15) is 11.4 Å². The molecule has 0 aliphatic rings. The van der Waals surface area contributed by atoms with Gasteiger partial charge in [-0.25, -0.2) is 4.98 Å². The SMILES string of the molecule is COc1ccn2c(Cc3ccccc3OC)ncc2c1. The summed E-state index contributed by atoms with van der Waals surface area (Å²) in [5.74, 6) is 2.70. The molecule has 1 aromatic carbocycles. The lowest BCUT2D eigenvalue weighted by atomic mass is 10.1. The maximum atomic E-state index is 5.39. The molecule has 3 rings (SSSR count). The van der Waals surface area contributed by atoms with Crippen LogP contribution in [0.4, 0.5) is 0 Å². The number of pyridine rings is 1. The highest BCUT2D eigenvalue weighted by atomic mass is 16.5. The largest absolute Gasteiger partial charge is 0.497 e. The van der Waals surface area contributed by atoms with E-state index in [2.05, 4.69) is 15.5 Å². The van der Waals surface area contributed by atoms with Crippen molar-refractivity contribution in [3.8, 4) is 11.5 Å². The Morgan fingerprint density at radius 1 is 1.10 bits per heavy atom. The maximum absolute atomic E-state index is 5.39. The topological polar surface area (TPSA) is 35.8 Å². The summed E-state index contributed by atoms with van der Waals surface area (Å²) in [6.07, 6.45) is 4.56. The number of imidazole rings is 1. The van der Waals surface area contributed by atoms with Gasteiger partial charge in [-0.05, 0) is 12.1 Å². The number of benzene rings is 1. The molecule has 0 radical (unpaired) electrons. The van der Waals surface area contributed by atoms with E-state index in [1.54, 1.807) is 14.2 Å². The molecular formula is C16H16N2O2. The summed E-state index contributed by atoms with van der Waals surface area (Å²) >= 11 is 0. The Morgan fingerprint density at radius 3 is 2.75 bits per heavy atom. The zero-order valence-electron chi connectivity index (χ0n) is 11.5. The zero-order chi connectivity index (χ0) is 13.9. The molecule has 0 fully saturated rings. The van der Waals surface area contributed by atoms with Crippen molar-refractivity contribution in [1.82, 2.24) is 9.38 Å². The molecule has 0 aliphatic heterocycles. The first-order chi connectivity index (χ1) is 9.81. The minimum absolute atomic E-state index is 0.727. The van der Waals surface area contributed by atoms with Crippen molar-refractivity contribution in [3.63, 3.8) is 0 Å². The third kappa shape index (κ3) is 2.20. The van der Waals surface area contributed by atoms with Crippen molar-refractivity contribution in [2.45, 2.75) is 6.42 Å². The minimum atomic E-state index is 0.727. The van der Waals surface area contributed by atoms with E-state index in [1.807, 2.05) is 42.7 Å². The molecule has 0 saturated heterocycles. The van der Waals surface area contributed by atoms with Crippen LogP contribution >= 0.6 is 0 Å². The van der Waals surface area contributed by atoms with Gasteiger partial charge in [0.05, 0.1) is 25.9 Å². The van der Waals surface area contributed by atoms with E-state index >= 15 is 0 Å². The fraction of sp³-hybridized carbons (Fsp3) is 0.188. The Hall–Kier alpha value is -2.49. The summed E-state index contributed by atoms with van der Waals surface area (Å²) in [6.45, 7) is 0. The van der Waals surface area contributed by atoms with Gasteiger partial charge in [0.1, 0.15) is 17.3 Å². The second kappa shape index (κ2) is 5.25. The predicted molar refractivity (Wildman–Crippen MR) is 77.5 cm³/mol. The molecule has 0 N–H and O–H groups in total. The molecule has 0 amide bonds. The fourth-order valence-electron chi connectivity index (χ4n) is 2.31. The normalized spacial score (nSPS) is 10.7. The van der Waals surface area contributed by atoms with Gasteiger partial charge in [0, 0.05) is 24.2 Å². The number of rotatable bonds is 4. The summed E-state index contributed by atoms with van der Waals surface area (Å²) in [5.41, 5.74) is 2.15. The van der Waals surface area contributed by atoms with Crippen LogP contribution in [0.5, 0.6) is 11.5 Å². The quantitative estimate of drug-likeness (QED) is 0.730. The van der Waals surface area contributed by atoms with Crippen molar-refractivity contribution in [2.75, 3.05) is 14.2 Å². The van der Waals surface area contributed by atoms with Crippen LogP contribution in [0.25, 0.3) is 5.52 Å². The molecular weight excluding hydrogens is 252 g/mol. The van der Waals surface area contributed by atoms with Crippen LogP contribution in [-0.4, -0.2) is 23.6 Å². The van der Waals surface area contributed by atoms with E-state index in [0.717, 1.165) is 34.8 Å². The molecule has 4 nitrogen and oxygen atoms in total. The number of aromatic nitrogens is 2. The lowest BCUT2D eigenvalue weighted by Crippen LogP contribution is -1.98. The summed E-state index contributed by atoms with van der Waals surface area (Å²) in [4.78, 5) is 4.49. The Bertz CT molecular complexity index is 734. The number of hydrogen-bond donors (Lipinski definition) is 0. The van der Waals surface area contributed by atoms with E-state index in [4.69, 9.17) is 9.47 Å². The smallest absolute Gasteiger partial charge is 0.122 e. The van der Waals surface area contributed by atoms with Crippen molar-refractivity contribution in [1.29, 1.82) is 0 Å². The lowest BCUT2D eigenvalue weighted by molar-refractivity contribution is 0.410. The van der Waals surface area contributed by atoms with Gasteiger partial charge < -0.3 is 13.9 Å². The van der Waals surface area contributed by atoms with Crippen molar-refractivity contribution in [2.24, 2.45) is 0 Å². The number of ether oxygens (including phenoxy) is 2. The molecule has 0 aliphatic carbocycles. The van der Waals surface area contributed by atoms with Gasteiger partial charge in [-0.1, -0.05) is 18.2 Å². The van der Waals surface area contributed by atoms with Gasteiger partial charge in [-0.15, -0.1) is 0 Å². The third-order valence-corrected chi connectivity index (χ3v) is 3.36. The number of fused-ring (bicyclic) bond motifs is 1. The highest BCUT2D eigenvalue weighted by molar-refractivity contribution is 5.51. The maximum Gasteiger partial charge on any atom is 0.122 e. The Balaban J connectivity index is 1.99. The van der Waals surface area contributed by atoms with Crippen LogP contribution in [-0.2, 0) is 6.42 Å². The number of methoxy groups -OCH3 is 2. The highest BCUT2D eigenvalue weighted by Crippen LogP contribution is 2.22. The van der Waals surface area contributed by atoms with Crippen molar-refractivity contribution >= 4 is 5.52 Å². The summed E-state index contributed by atoms with van der Waals surface area (Å²) in [5, 5.41) is 0. The Morgan fingerprint density at radius 2 is 1.95 bits per heavy atom. The van der Waals surface area contributed by atoms with Gasteiger partial charge in [0.15, 0.2) is 0 Å². The van der Waals surface area contributed by atoms with E-state index in [0.29, 0.717) is 0 Å². The van der Waals surface area contributed by atoms with Crippen molar-refractivity contribution < 1.29 is 9.47 Å². The van der Waals surface area contributed by atoms with Crippen LogP contribution in [0.2, 0.25) is 0 Å². The molecule has 20 heavy (non-hydrogen) atoms. The van der Waals surface area contributed by atoms with Gasteiger partial charge in [0.25, 0.3) is 0 Å². The lowest BCUT2D eigenvalue weighted by Gasteiger charge is -2.08. The fourth-order valence-corrected chi connectivity index (χ4v) is 2.31. The second-order valence-corrected chi connectivity index (χ2v) is 4.52. The predicted octanol–water partition coefficient (Wildman–Crippen LogP) is 2.94. The molecule has 0 atom stereocenters. The van der Waals surface area contributed by atoms with E-state index in [9.17, 15) is 0 Å². The van der Waals surface area contributed by atoms with Crippen LogP contribution in [0, 0.1) is 0 Å². The first-order valence-corrected chi connectivity index (χ1v) is 6.43. The molecule has 0 bridgehead atoms. The molecule has 0 saturated carbocycles. The molecule has 4 heteroatoms. The molecule has 3 aromatic rings. The molecule has 102 valence electrons. The zero-order valence-corrected chi connectivity index (χ0v) is 11.5. The Kier molecular flexibility index (Phi) is 3.29. The average molecular weight is 268 g/mol. The average Bonchev–Trinajstić information content (AvgIpc) is 2.90. The monoisotopic (exact) mass is 268 g/mol. The van der Waals surface area contributed by atoms with Crippen LogP contribution in [0.3, 0.4) is 0 Å². The molecule has 2 heterocycles. The summed E-state index contributed by atoms with van der Waals surface area (Å²) in [7, 11) is 3.35. The van der Waals surface area contributed by atoms with Gasteiger partial charge in [0.2, 0.25) is 0 Å². The first kappa shape index (κ1) is 12.5. The highest BCUT2D eigenvalue weighted by Gasteiger charge is 2.08. The number of nitrogens with zero attached hydrogens (tertiary/aromatic N) is 2. The van der Waals surface area contributed by atoms with Crippen molar-refractivity contribution in [3.05, 3.63) is 60.2 Å². The van der Waals surface area contributed by atoms with Crippen LogP contribution < -0.4 is 9.47 Å². The van der Waals surface area contributed by atoms with E-state index in [-0.39, 0.29) is 0 Å². The minimum Gasteiger partial charge on any atom is -0.497 e. The molecule has 0 spiro atoms. The third-order valence-electron chi connectivity index (χ3n) is 3.36. The first-order valence-electron chi connectivity index (χ1n) is 6.43. The number of hydrogen-bond acceptors (Lipinski definition) is 3. The van der Waals surface area contributed by atoms with Gasteiger partial charge >= 0.3 is 0 Å². The molecule has 0 unspecified atom stereocenters. The summed E-state index contributed by atoms with van der Waals surface area (Å²) in [6, 6.07) is 11.9. The van der Waals surface area contributed by atoms with Gasteiger partial charge in [-0.2, -0.15) is 0 Å².